The van der Waals surface area contributed by atoms with Gasteiger partial charge in [-0.3, -0.25) is 15.0 Å². The van der Waals surface area contributed by atoms with E-state index < -0.39 is 0 Å². The Hall–Kier alpha value is -3.09. The van der Waals surface area contributed by atoms with Crippen molar-refractivity contribution < 1.29 is 4.79 Å². The number of aryl methyl sites for hydroxylation is 1. The molecule has 1 heterocycles. The smallest absolute Gasteiger partial charge is 0.224 e. The van der Waals surface area contributed by atoms with Gasteiger partial charge in [0.15, 0.2) is 0 Å². The zero-order chi connectivity index (χ0) is 19.3. The highest BCUT2D eigenvalue weighted by Gasteiger charge is 2.11. The summed E-state index contributed by atoms with van der Waals surface area (Å²) in [4.78, 5) is 13.3. The van der Waals surface area contributed by atoms with Gasteiger partial charge in [-0.2, -0.15) is 5.10 Å². The van der Waals surface area contributed by atoms with Gasteiger partial charge in [-0.05, 0) is 54.3 Å². The molecule has 0 radical (unpaired) electrons. The van der Waals surface area contributed by atoms with E-state index in [-0.39, 0.29) is 5.91 Å². The summed E-state index contributed by atoms with van der Waals surface area (Å²) >= 11 is 1.21. The molecule has 4 aromatic rings. The zero-order valence-electron chi connectivity index (χ0n) is 15.2. The van der Waals surface area contributed by atoms with Gasteiger partial charge < -0.3 is 5.32 Å². The summed E-state index contributed by atoms with van der Waals surface area (Å²) in [6, 6.07) is 23.7. The van der Waals surface area contributed by atoms with Gasteiger partial charge in [0.1, 0.15) is 5.69 Å². The zero-order valence-corrected chi connectivity index (χ0v) is 16.0. The number of benzene rings is 3. The summed E-state index contributed by atoms with van der Waals surface area (Å²) in [6.07, 6.45) is 1.16. The number of rotatable bonds is 6. The first-order valence-corrected chi connectivity index (χ1v) is 9.90. The first-order chi connectivity index (χ1) is 13.7. The van der Waals surface area contributed by atoms with Crippen LogP contribution in [0.25, 0.3) is 22.2 Å². The normalized spacial score (nSPS) is 10.9. The maximum absolute atomic E-state index is 12.3. The Labute approximate surface area is 167 Å². The van der Waals surface area contributed by atoms with Crippen LogP contribution in [0.4, 0.5) is 5.69 Å². The molecule has 0 aliphatic heterocycles. The van der Waals surface area contributed by atoms with Crippen LogP contribution in [0.3, 0.4) is 0 Å². The number of nitrogens with zero attached hydrogens (tertiary/aromatic N) is 1. The van der Waals surface area contributed by atoms with Crippen molar-refractivity contribution in [3.8, 4) is 11.3 Å². The molecule has 0 saturated carbocycles. The minimum absolute atomic E-state index is 0.00484. The quantitative estimate of drug-likeness (QED) is 0.416. The predicted molar refractivity (Wildman–Crippen MR) is 115 cm³/mol. The maximum atomic E-state index is 12.3. The fourth-order valence-corrected chi connectivity index (χ4v) is 3.51. The van der Waals surface area contributed by atoms with Crippen LogP contribution in [0.2, 0.25) is 0 Å². The standard InChI is InChI=1S/C22H20N4OS/c23-28-18-8-4-7-16(13-18)22-19-14-17(10-11-20(19)25-26-22)24-21(27)12-9-15-5-2-1-3-6-15/h1-8,10-11,13-14H,9,12,23H2,(H,24,27)(H,25,26). The van der Waals surface area contributed by atoms with E-state index in [2.05, 4.69) is 15.5 Å². The predicted octanol–water partition coefficient (Wildman–Crippen LogP) is 4.77. The summed E-state index contributed by atoms with van der Waals surface area (Å²) in [6.45, 7) is 0. The third-order valence-electron chi connectivity index (χ3n) is 4.57. The largest absolute Gasteiger partial charge is 0.326 e. The topological polar surface area (TPSA) is 83.8 Å². The summed E-state index contributed by atoms with van der Waals surface area (Å²) < 4.78 is 0. The molecule has 6 heteroatoms. The van der Waals surface area contributed by atoms with Crippen molar-refractivity contribution in [2.24, 2.45) is 5.14 Å². The number of hydrogen-bond acceptors (Lipinski definition) is 4. The Morgan fingerprint density at radius 3 is 2.71 bits per heavy atom. The number of amides is 1. The molecule has 0 aliphatic rings. The summed E-state index contributed by atoms with van der Waals surface area (Å²) in [5.74, 6) is -0.00484. The maximum Gasteiger partial charge on any atom is 0.224 e. The number of fused-ring (bicyclic) bond motifs is 1. The minimum Gasteiger partial charge on any atom is -0.326 e. The fraction of sp³-hybridized carbons (Fsp3) is 0.0909. The molecule has 28 heavy (non-hydrogen) atoms. The molecule has 4 rings (SSSR count). The van der Waals surface area contributed by atoms with Gasteiger partial charge in [-0.1, -0.05) is 42.5 Å². The monoisotopic (exact) mass is 388 g/mol. The van der Waals surface area contributed by atoms with Gasteiger partial charge in [0, 0.05) is 28.0 Å². The first-order valence-electron chi connectivity index (χ1n) is 9.02. The van der Waals surface area contributed by atoms with Crippen LogP contribution < -0.4 is 10.5 Å². The van der Waals surface area contributed by atoms with Crippen molar-refractivity contribution in [1.82, 2.24) is 10.2 Å². The van der Waals surface area contributed by atoms with Crippen LogP contribution in [-0.4, -0.2) is 16.1 Å². The lowest BCUT2D eigenvalue weighted by Crippen LogP contribution is -2.12. The van der Waals surface area contributed by atoms with Crippen molar-refractivity contribution in [3.05, 3.63) is 78.4 Å². The highest BCUT2D eigenvalue weighted by Crippen LogP contribution is 2.30. The minimum atomic E-state index is -0.00484. The number of nitrogens with two attached hydrogens (primary N) is 1. The first kappa shape index (κ1) is 18.3. The molecule has 0 atom stereocenters. The molecule has 1 amide bonds. The molecule has 5 nitrogen and oxygen atoms in total. The van der Waals surface area contributed by atoms with E-state index in [0.717, 1.165) is 44.7 Å². The average molecular weight is 388 g/mol. The molecule has 0 fully saturated rings. The van der Waals surface area contributed by atoms with Crippen molar-refractivity contribution in [2.75, 3.05) is 5.32 Å². The molecule has 4 N–H and O–H groups in total. The lowest BCUT2D eigenvalue weighted by molar-refractivity contribution is -0.116. The number of aromatic amines is 1. The van der Waals surface area contributed by atoms with Crippen molar-refractivity contribution >= 4 is 34.4 Å². The van der Waals surface area contributed by atoms with Crippen molar-refractivity contribution in [1.29, 1.82) is 0 Å². The molecule has 3 aromatic carbocycles. The van der Waals surface area contributed by atoms with Crippen LogP contribution in [0.1, 0.15) is 12.0 Å². The Morgan fingerprint density at radius 1 is 1.04 bits per heavy atom. The van der Waals surface area contributed by atoms with Crippen LogP contribution in [0, 0.1) is 0 Å². The molecule has 140 valence electrons. The van der Waals surface area contributed by atoms with Gasteiger partial charge in [0.25, 0.3) is 0 Å². The number of carbonyl (C=O) groups excluding carboxylic acids is 1. The molecule has 0 aliphatic carbocycles. The molecular weight excluding hydrogens is 368 g/mol. The Bertz CT molecular complexity index is 1110. The summed E-state index contributed by atoms with van der Waals surface area (Å²) in [5, 5.41) is 17.1. The van der Waals surface area contributed by atoms with Crippen LogP contribution in [0.15, 0.2) is 77.7 Å². The highest BCUT2D eigenvalue weighted by atomic mass is 32.2. The van der Waals surface area contributed by atoms with Gasteiger partial charge in [-0.15, -0.1) is 0 Å². The molecule has 1 aromatic heterocycles. The van der Waals surface area contributed by atoms with Crippen molar-refractivity contribution in [2.45, 2.75) is 17.7 Å². The second-order valence-corrected chi connectivity index (χ2v) is 7.22. The lowest BCUT2D eigenvalue weighted by atomic mass is 10.1. The van der Waals surface area contributed by atoms with E-state index in [4.69, 9.17) is 5.14 Å². The Kier molecular flexibility index (Phi) is 5.41. The van der Waals surface area contributed by atoms with Gasteiger partial charge in [-0.25, -0.2) is 0 Å². The lowest BCUT2D eigenvalue weighted by Gasteiger charge is -2.06. The van der Waals surface area contributed by atoms with E-state index >= 15 is 0 Å². The van der Waals surface area contributed by atoms with Crippen LogP contribution in [0.5, 0.6) is 0 Å². The molecule has 0 unspecified atom stereocenters. The van der Waals surface area contributed by atoms with Gasteiger partial charge in [0.2, 0.25) is 5.91 Å². The Balaban J connectivity index is 1.53. The molecule has 0 saturated heterocycles. The highest BCUT2D eigenvalue weighted by molar-refractivity contribution is 7.97. The van der Waals surface area contributed by atoms with Crippen LogP contribution in [-0.2, 0) is 11.2 Å². The number of anilines is 1. The number of carbonyl (C=O) groups is 1. The van der Waals surface area contributed by atoms with E-state index in [0.29, 0.717) is 6.42 Å². The fourth-order valence-electron chi connectivity index (χ4n) is 3.15. The number of nitrogens with one attached hydrogen (secondary N) is 2. The summed E-state index contributed by atoms with van der Waals surface area (Å²) in [5.41, 5.74) is 4.66. The summed E-state index contributed by atoms with van der Waals surface area (Å²) in [7, 11) is 0. The van der Waals surface area contributed by atoms with E-state index in [1.165, 1.54) is 11.9 Å². The SMILES string of the molecule is NSc1cccc(-c2n[nH]c3ccc(NC(=O)CCc4ccccc4)cc23)c1. The second-order valence-electron chi connectivity index (χ2n) is 6.51. The second kappa shape index (κ2) is 8.29. The Morgan fingerprint density at radius 2 is 1.89 bits per heavy atom. The number of aromatic nitrogens is 2. The molecule has 0 spiro atoms. The van der Waals surface area contributed by atoms with Crippen molar-refractivity contribution in [3.63, 3.8) is 0 Å². The van der Waals surface area contributed by atoms with Gasteiger partial charge in [0.05, 0.1) is 5.52 Å². The van der Waals surface area contributed by atoms with Crippen LogP contribution >= 0.6 is 11.9 Å². The number of H-pyrrole nitrogens is 1. The number of hydrogen-bond donors (Lipinski definition) is 3. The third-order valence-corrected chi connectivity index (χ3v) is 5.10. The molecule has 0 bridgehead atoms. The van der Waals surface area contributed by atoms with E-state index in [9.17, 15) is 4.79 Å². The van der Waals surface area contributed by atoms with Gasteiger partial charge >= 0.3 is 0 Å². The molecular formula is C22H20N4OS. The average Bonchev–Trinajstić information content (AvgIpc) is 3.16. The third kappa shape index (κ3) is 4.08. The van der Waals surface area contributed by atoms with E-state index in [1.807, 2.05) is 72.8 Å². The van der Waals surface area contributed by atoms with E-state index in [1.54, 1.807) is 0 Å².